The molecule has 4 nitrogen and oxygen atoms in total. The molecule has 108 valence electrons. The maximum absolute atomic E-state index is 12.5. The normalized spacial score (nSPS) is 22.8. The second-order valence-corrected chi connectivity index (χ2v) is 8.56. The first-order chi connectivity index (χ1) is 8.95. The van der Waals surface area contributed by atoms with Gasteiger partial charge in [0.05, 0.1) is 0 Å². The summed E-state index contributed by atoms with van der Waals surface area (Å²) in [6, 6.07) is 3.82. The Morgan fingerprint density at radius 1 is 1.42 bits per heavy atom. The second kappa shape index (κ2) is 6.10. The van der Waals surface area contributed by atoms with Crippen LogP contribution in [0.1, 0.15) is 11.8 Å². The summed E-state index contributed by atoms with van der Waals surface area (Å²) in [6.45, 7) is 3.95. The van der Waals surface area contributed by atoms with E-state index in [1.165, 1.54) is 11.3 Å². The van der Waals surface area contributed by atoms with Crippen molar-refractivity contribution in [2.24, 2.45) is 0 Å². The van der Waals surface area contributed by atoms with E-state index in [1.54, 1.807) is 10.4 Å². The molecule has 1 aliphatic heterocycles. The van der Waals surface area contributed by atoms with Gasteiger partial charge >= 0.3 is 0 Å². The average Bonchev–Trinajstić information content (AvgIpc) is 2.82. The van der Waals surface area contributed by atoms with Crippen molar-refractivity contribution in [2.45, 2.75) is 23.6 Å². The van der Waals surface area contributed by atoms with Gasteiger partial charge in [-0.05, 0) is 32.5 Å². The number of aryl methyl sites for hydroxylation is 1. The van der Waals surface area contributed by atoms with Crippen LogP contribution in [0, 0.1) is 0 Å². The van der Waals surface area contributed by atoms with Crippen LogP contribution in [0.3, 0.4) is 0 Å². The zero-order valence-electron chi connectivity index (χ0n) is 11.2. The Bertz CT molecular complexity index is 530. The number of piperazine rings is 1. The van der Waals surface area contributed by atoms with Gasteiger partial charge in [-0.1, -0.05) is 0 Å². The molecular formula is C12H19ClN2O2S2. The minimum absolute atomic E-state index is 0.255. The molecule has 0 N–H and O–H groups in total. The van der Waals surface area contributed by atoms with E-state index in [0.717, 1.165) is 17.8 Å². The second-order valence-electron chi connectivity index (χ2n) is 4.85. The topological polar surface area (TPSA) is 40.6 Å². The first-order valence-electron chi connectivity index (χ1n) is 6.30. The minimum Gasteiger partial charge on any atom is -0.301 e. The fourth-order valence-corrected chi connectivity index (χ4v) is 5.42. The molecule has 1 unspecified atom stereocenters. The predicted octanol–water partition coefficient (Wildman–Crippen LogP) is 1.85. The van der Waals surface area contributed by atoms with Crippen LogP contribution in [0.25, 0.3) is 0 Å². The van der Waals surface area contributed by atoms with E-state index in [2.05, 4.69) is 11.8 Å². The highest BCUT2D eigenvalue weighted by atomic mass is 35.5. The van der Waals surface area contributed by atoms with E-state index in [0.29, 0.717) is 23.2 Å². The lowest BCUT2D eigenvalue weighted by atomic mass is 10.2. The smallest absolute Gasteiger partial charge is 0.252 e. The first kappa shape index (κ1) is 15.3. The molecular weight excluding hydrogens is 304 g/mol. The zero-order chi connectivity index (χ0) is 14.0. The summed E-state index contributed by atoms with van der Waals surface area (Å²) in [5, 5.41) is 0. The summed E-state index contributed by atoms with van der Waals surface area (Å²) in [6.07, 6.45) is 0.723. The average molecular weight is 323 g/mol. The third kappa shape index (κ3) is 3.31. The molecule has 2 heterocycles. The van der Waals surface area contributed by atoms with Gasteiger partial charge in [0.2, 0.25) is 0 Å². The van der Waals surface area contributed by atoms with Crippen molar-refractivity contribution in [3.63, 3.8) is 0 Å². The fraction of sp³-hybridized carbons (Fsp3) is 0.667. The standard InChI is InChI=1S/C12H19ClN2O2S2/c1-10-9-15(8-7-14(10)2)19(16,17)12-4-3-11(18-12)5-6-13/h3-4,10H,5-9H2,1-2H3. The molecule has 0 radical (unpaired) electrons. The molecule has 19 heavy (non-hydrogen) atoms. The van der Waals surface area contributed by atoms with Crippen molar-refractivity contribution in [3.05, 3.63) is 17.0 Å². The monoisotopic (exact) mass is 322 g/mol. The van der Waals surface area contributed by atoms with E-state index in [1.807, 2.05) is 13.1 Å². The molecule has 7 heteroatoms. The van der Waals surface area contributed by atoms with Crippen LogP contribution in [0.15, 0.2) is 16.3 Å². The van der Waals surface area contributed by atoms with Crippen molar-refractivity contribution in [3.8, 4) is 0 Å². The van der Waals surface area contributed by atoms with Crippen LogP contribution in [0.5, 0.6) is 0 Å². The highest BCUT2D eigenvalue weighted by molar-refractivity contribution is 7.91. The van der Waals surface area contributed by atoms with Gasteiger partial charge in [-0.2, -0.15) is 4.31 Å². The van der Waals surface area contributed by atoms with Gasteiger partial charge in [0, 0.05) is 36.4 Å². The Morgan fingerprint density at radius 3 is 2.79 bits per heavy atom. The molecule has 1 aliphatic rings. The molecule has 0 saturated carbocycles. The number of thiophene rings is 1. The van der Waals surface area contributed by atoms with Gasteiger partial charge in [-0.3, -0.25) is 0 Å². The molecule has 0 aliphatic carbocycles. The van der Waals surface area contributed by atoms with Crippen LogP contribution in [0.2, 0.25) is 0 Å². The lowest BCUT2D eigenvalue weighted by Gasteiger charge is -2.36. The SMILES string of the molecule is CC1CN(S(=O)(=O)c2ccc(CCCl)s2)CCN1C. The molecule has 1 aromatic heterocycles. The number of halogens is 1. The summed E-state index contributed by atoms with van der Waals surface area (Å²) in [7, 11) is -1.31. The Balaban J connectivity index is 2.17. The molecule has 2 rings (SSSR count). The predicted molar refractivity (Wildman–Crippen MR) is 79.6 cm³/mol. The van der Waals surface area contributed by atoms with E-state index in [9.17, 15) is 8.42 Å². The van der Waals surface area contributed by atoms with Crippen LogP contribution < -0.4 is 0 Å². The zero-order valence-corrected chi connectivity index (χ0v) is 13.6. The third-order valence-corrected chi connectivity index (χ3v) is 7.16. The van der Waals surface area contributed by atoms with Crippen LogP contribution in [-0.2, 0) is 16.4 Å². The van der Waals surface area contributed by atoms with Gasteiger partial charge in [-0.15, -0.1) is 22.9 Å². The Kier molecular flexibility index (Phi) is 4.89. The van der Waals surface area contributed by atoms with Gasteiger partial charge < -0.3 is 4.90 Å². The fourth-order valence-electron chi connectivity index (χ4n) is 2.08. The maximum Gasteiger partial charge on any atom is 0.252 e. The van der Waals surface area contributed by atoms with Crippen molar-refractivity contribution in [1.82, 2.24) is 9.21 Å². The maximum atomic E-state index is 12.5. The molecule has 1 aromatic rings. The van der Waals surface area contributed by atoms with Crippen LogP contribution >= 0.6 is 22.9 Å². The van der Waals surface area contributed by atoms with Crippen molar-refractivity contribution < 1.29 is 8.42 Å². The highest BCUT2D eigenvalue weighted by Crippen LogP contribution is 2.26. The Labute approximate surface area is 124 Å². The summed E-state index contributed by atoms with van der Waals surface area (Å²) in [5.41, 5.74) is 0. The number of rotatable bonds is 4. The van der Waals surface area contributed by atoms with Crippen molar-refractivity contribution in [2.75, 3.05) is 32.6 Å². The summed E-state index contributed by atoms with van der Waals surface area (Å²) in [4.78, 5) is 3.20. The van der Waals surface area contributed by atoms with Crippen LogP contribution in [-0.4, -0.2) is 56.2 Å². The van der Waals surface area contributed by atoms with Crippen molar-refractivity contribution >= 4 is 33.0 Å². The van der Waals surface area contributed by atoms with Gasteiger partial charge in [-0.25, -0.2) is 8.42 Å². The minimum atomic E-state index is -3.33. The van der Waals surface area contributed by atoms with Gasteiger partial charge in [0.25, 0.3) is 10.0 Å². The number of sulfonamides is 1. The number of hydrogen-bond acceptors (Lipinski definition) is 4. The Hall–Kier alpha value is -0.140. The first-order valence-corrected chi connectivity index (χ1v) is 9.09. The summed E-state index contributed by atoms with van der Waals surface area (Å²) < 4.78 is 27.1. The number of likely N-dealkylation sites (N-methyl/N-ethyl adjacent to an activating group) is 1. The number of alkyl halides is 1. The van der Waals surface area contributed by atoms with E-state index in [-0.39, 0.29) is 6.04 Å². The van der Waals surface area contributed by atoms with Crippen LogP contribution in [0.4, 0.5) is 0 Å². The molecule has 1 atom stereocenters. The van der Waals surface area contributed by atoms with Gasteiger partial charge in [0.1, 0.15) is 4.21 Å². The van der Waals surface area contributed by atoms with Crippen molar-refractivity contribution in [1.29, 1.82) is 0 Å². The summed E-state index contributed by atoms with van der Waals surface area (Å²) in [5.74, 6) is 0.519. The Morgan fingerprint density at radius 2 is 2.16 bits per heavy atom. The highest BCUT2D eigenvalue weighted by Gasteiger charge is 2.31. The molecule has 0 amide bonds. The molecule has 1 saturated heterocycles. The largest absolute Gasteiger partial charge is 0.301 e. The lowest BCUT2D eigenvalue weighted by Crippen LogP contribution is -2.51. The molecule has 1 fully saturated rings. The summed E-state index contributed by atoms with van der Waals surface area (Å²) >= 11 is 7.02. The quantitative estimate of drug-likeness (QED) is 0.794. The molecule has 0 bridgehead atoms. The van der Waals surface area contributed by atoms with E-state index in [4.69, 9.17) is 11.6 Å². The number of nitrogens with zero attached hydrogens (tertiary/aromatic N) is 2. The lowest BCUT2D eigenvalue weighted by molar-refractivity contribution is 0.160. The van der Waals surface area contributed by atoms with E-state index < -0.39 is 10.0 Å². The number of hydrogen-bond donors (Lipinski definition) is 0. The molecule has 0 spiro atoms. The van der Waals surface area contributed by atoms with Gasteiger partial charge in [0.15, 0.2) is 0 Å². The third-order valence-electron chi connectivity index (χ3n) is 3.49. The van der Waals surface area contributed by atoms with E-state index >= 15 is 0 Å². The molecule has 0 aromatic carbocycles.